The minimum atomic E-state index is 0.0160. The fourth-order valence-corrected chi connectivity index (χ4v) is 2.71. The van der Waals surface area contributed by atoms with Gasteiger partial charge in [0.25, 0.3) is 0 Å². The van der Waals surface area contributed by atoms with Crippen molar-refractivity contribution in [1.82, 2.24) is 10.2 Å². The molecule has 2 rings (SSSR count). The second-order valence-electron chi connectivity index (χ2n) is 4.48. The molecule has 0 spiro atoms. The molecule has 1 N–H and O–H groups in total. The summed E-state index contributed by atoms with van der Waals surface area (Å²) in [4.78, 5) is 13.9. The molecule has 88 valence electrons. The first-order valence-electron chi connectivity index (χ1n) is 5.73. The highest BCUT2D eigenvalue weighted by atomic mass is 32.1. The summed E-state index contributed by atoms with van der Waals surface area (Å²) in [6, 6.07) is 2.43. The molecule has 0 radical (unpaired) electrons. The molecule has 0 aliphatic carbocycles. The number of carbonyl (C=O) groups excluding carboxylic acids is 1. The molecule has 1 aromatic heterocycles. The molecule has 1 unspecified atom stereocenters. The molecule has 16 heavy (non-hydrogen) atoms. The Hall–Kier alpha value is -0.870. The Kier molecular flexibility index (Phi) is 3.61. The van der Waals surface area contributed by atoms with Crippen LogP contribution in [0.3, 0.4) is 0 Å². The van der Waals surface area contributed by atoms with Crippen LogP contribution in [0, 0.1) is 0 Å². The quantitative estimate of drug-likeness (QED) is 0.868. The van der Waals surface area contributed by atoms with E-state index in [0.29, 0.717) is 6.04 Å². The lowest BCUT2D eigenvalue weighted by Gasteiger charge is -2.21. The minimum Gasteiger partial charge on any atom is -0.339 e. The average Bonchev–Trinajstić information content (AvgIpc) is 2.84. The van der Waals surface area contributed by atoms with E-state index in [1.54, 1.807) is 11.3 Å². The summed E-state index contributed by atoms with van der Waals surface area (Å²) in [6.07, 6.45) is 0.932. The maximum atomic E-state index is 12.0. The zero-order valence-corrected chi connectivity index (χ0v) is 10.6. The van der Waals surface area contributed by atoms with E-state index in [2.05, 4.69) is 36.0 Å². The molecule has 1 amide bonds. The topological polar surface area (TPSA) is 32.3 Å². The average molecular weight is 238 g/mol. The molecular formula is C12H18N2OS. The molecule has 2 heterocycles. The number of nitrogens with one attached hydrogen (secondary N) is 1. The van der Waals surface area contributed by atoms with Crippen molar-refractivity contribution in [2.24, 2.45) is 0 Å². The number of carbonyl (C=O) groups is 1. The Morgan fingerprint density at radius 2 is 2.44 bits per heavy atom. The van der Waals surface area contributed by atoms with Crippen molar-refractivity contribution >= 4 is 17.2 Å². The zero-order chi connectivity index (χ0) is 11.5. The second kappa shape index (κ2) is 4.97. The number of hydrogen-bond acceptors (Lipinski definition) is 3. The molecule has 0 aromatic carbocycles. The van der Waals surface area contributed by atoms with Gasteiger partial charge < -0.3 is 10.2 Å². The van der Waals surface area contributed by atoms with E-state index in [0.717, 1.165) is 19.5 Å². The van der Waals surface area contributed by atoms with Gasteiger partial charge in [0.05, 0.1) is 6.04 Å². The number of rotatable bonds is 4. The van der Waals surface area contributed by atoms with Crippen LogP contribution in [0.2, 0.25) is 0 Å². The summed E-state index contributed by atoms with van der Waals surface area (Å²) < 4.78 is 0. The first kappa shape index (κ1) is 11.6. The van der Waals surface area contributed by atoms with Crippen molar-refractivity contribution in [3.63, 3.8) is 0 Å². The van der Waals surface area contributed by atoms with Crippen molar-refractivity contribution in [3.05, 3.63) is 22.4 Å². The van der Waals surface area contributed by atoms with Gasteiger partial charge in [-0.2, -0.15) is 11.3 Å². The van der Waals surface area contributed by atoms with E-state index in [1.165, 1.54) is 5.56 Å². The second-order valence-corrected chi connectivity index (χ2v) is 5.26. The van der Waals surface area contributed by atoms with E-state index in [-0.39, 0.29) is 11.9 Å². The molecule has 4 heteroatoms. The molecule has 0 bridgehead atoms. The van der Waals surface area contributed by atoms with Crippen molar-refractivity contribution in [3.8, 4) is 0 Å². The summed E-state index contributed by atoms with van der Waals surface area (Å²) in [7, 11) is 0. The van der Waals surface area contributed by atoms with Crippen LogP contribution in [0.25, 0.3) is 0 Å². The maximum Gasteiger partial charge on any atom is 0.240 e. The molecule has 1 saturated heterocycles. The maximum absolute atomic E-state index is 12.0. The first-order valence-corrected chi connectivity index (χ1v) is 6.67. The van der Waals surface area contributed by atoms with Crippen LogP contribution in [0.1, 0.15) is 25.8 Å². The van der Waals surface area contributed by atoms with Crippen LogP contribution in [-0.4, -0.2) is 29.4 Å². The highest BCUT2D eigenvalue weighted by Gasteiger charge is 2.32. The normalized spacial score (nSPS) is 21.1. The molecule has 0 saturated carbocycles. The largest absolute Gasteiger partial charge is 0.339 e. The lowest BCUT2D eigenvalue weighted by atomic mass is 10.2. The predicted octanol–water partition coefficient (Wildman–Crippen LogP) is 1.85. The van der Waals surface area contributed by atoms with Gasteiger partial charge in [-0.1, -0.05) is 0 Å². The highest BCUT2D eigenvalue weighted by molar-refractivity contribution is 7.07. The van der Waals surface area contributed by atoms with Crippen LogP contribution in [0.4, 0.5) is 0 Å². The van der Waals surface area contributed by atoms with Crippen LogP contribution in [0.5, 0.6) is 0 Å². The van der Waals surface area contributed by atoms with Crippen LogP contribution in [-0.2, 0) is 11.3 Å². The number of likely N-dealkylation sites (tertiary alicyclic amines) is 1. The van der Waals surface area contributed by atoms with Crippen LogP contribution in [0.15, 0.2) is 16.8 Å². The third kappa shape index (κ3) is 2.44. The lowest BCUT2D eigenvalue weighted by Crippen LogP contribution is -2.40. The number of thiophene rings is 1. The zero-order valence-electron chi connectivity index (χ0n) is 9.77. The van der Waals surface area contributed by atoms with E-state index in [1.807, 2.05) is 4.90 Å². The Labute approximate surface area is 100 Å². The predicted molar refractivity (Wildman–Crippen MR) is 66.4 cm³/mol. The summed E-state index contributed by atoms with van der Waals surface area (Å²) >= 11 is 1.69. The van der Waals surface area contributed by atoms with Gasteiger partial charge in [-0.3, -0.25) is 4.79 Å². The molecule has 1 atom stereocenters. The SMILES string of the molecule is CC(C)N1CCC(NCc2ccsc2)C1=O. The minimum absolute atomic E-state index is 0.0160. The molecule has 1 fully saturated rings. The Morgan fingerprint density at radius 1 is 1.62 bits per heavy atom. The molecule has 1 aliphatic heterocycles. The number of hydrogen-bond donors (Lipinski definition) is 1. The van der Waals surface area contributed by atoms with Crippen LogP contribution < -0.4 is 5.32 Å². The van der Waals surface area contributed by atoms with Crippen molar-refractivity contribution < 1.29 is 4.79 Å². The number of nitrogens with zero attached hydrogens (tertiary/aromatic N) is 1. The van der Waals surface area contributed by atoms with Gasteiger partial charge in [0.1, 0.15) is 0 Å². The summed E-state index contributed by atoms with van der Waals surface area (Å²) in [5.74, 6) is 0.255. The van der Waals surface area contributed by atoms with Gasteiger partial charge in [0, 0.05) is 19.1 Å². The highest BCUT2D eigenvalue weighted by Crippen LogP contribution is 2.15. The van der Waals surface area contributed by atoms with E-state index in [4.69, 9.17) is 0 Å². The van der Waals surface area contributed by atoms with Crippen molar-refractivity contribution in [2.75, 3.05) is 6.54 Å². The molecule has 1 aliphatic rings. The van der Waals surface area contributed by atoms with Crippen LogP contribution >= 0.6 is 11.3 Å². The van der Waals surface area contributed by atoms with Gasteiger partial charge in [-0.25, -0.2) is 0 Å². The fourth-order valence-electron chi connectivity index (χ4n) is 2.04. The smallest absolute Gasteiger partial charge is 0.240 e. The van der Waals surface area contributed by atoms with Gasteiger partial charge in [0.15, 0.2) is 0 Å². The monoisotopic (exact) mass is 238 g/mol. The molecule has 3 nitrogen and oxygen atoms in total. The number of amides is 1. The standard InChI is InChI=1S/C12H18N2OS/c1-9(2)14-5-3-11(12(14)15)13-7-10-4-6-16-8-10/h4,6,8-9,11,13H,3,5,7H2,1-2H3. The molecular weight excluding hydrogens is 220 g/mol. The van der Waals surface area contributed by atoms with Gasteiger partial charge in [0.2, 0.25) is 5.91 Å². The summed E-state index contributed by atoms with van der Waals surface area (Å²) in [6.45, 7) is 5.82. The Balaban J connectivity index is 1.86. The Morgan fingerprint density at radius 3 is 3.00 bits per heavy atom. The molecule has 1 aromatic rings. The van der Waals surface area contributed by atoms with Gasteiger partial charge >= 0.3 is 0 Å². The lowest BCUT2D eigenvalue weighted by molar-refractivity contribution is -0.130. The van der Waals surface area contributed by atoms with E-state index < -0.39 is 0 Å². The summed E-state index contributed by atoms with van der Waals surface area (Å²) in [5.41, 5.74) is 1.26. The van der Waals surface area contributed by atoms with Gasteiger partial charge in [-0.15, -0.1) is 0 Å². The third-order valence-corrected chi connectivity index (χ3v) is 3.73. The Bertz CT molecular complexity index is 348. The van der Waals surface area contributed by atoms with Gasteiger partial charge in [-0.05, 0) is 42.7 Å². The fraction of sp³-hybridized carbons (Fsp3) is 0.583. The van der Waals surface area contributed by atoms with E-state index >= 15 is 0 Å². The third-order valence-electron chi connectivity index (χ3n) is 3.00. The van der Waals surface area contributed by atoms with Crippen molar-refractivity contribution in [2.45, 2.75) is 38.9 Å². The van der Waals surface area contributed by atoms with E-state index in [9.17, 15) is 4.79 Å². The first-order chi connectivity index (χ1) is 7.68. The summed E-state index contributed by atoms with van der Waals surface area (Å²) in [5, 5.41) is 7.52. The van der Waals surface area contributed by atoms with Crippen molar-refractivity contribution in [1.29, 1.82) is 0 Å².